The van der Waals surface area contributed by atoms with Crippen LogP contribution in [0.4, 0.5) is 0 Å². The molecule has 0 aliphatic rings. The van der Waals surface area contributed by atoms with Gasteiger partial charge in [-0.1, -0.05) is 12.1 Å². The molecule has 0 aliphatic heterocycles. The Morgan fingerprint density at radius 1 is 1.54 bits per heavy atom. The number of rotatable bonds is 2. The number of nitrogens with two attached hydrogens (primary N) is 1. The molecule has 13 heavy (non-hydrogen) atoms. The van der Waals surface area contributed by atoms with Gasteiger partial charge in [-0.25, -0.2) is 0 Å². The highest BCUT2D eigenvalue weighted by Crippen LogP contribution is 2.11. The predicted octanol–water partition coefficient (Wildman–Crippen LogP) is 1.76. The van der Waals surface area contributed by atoms with Crippen molar-refractivity contribution in [3.05, 3.63) is 34.9 Å². The van der Waals surface area contributed by atoms with E-state index in [4.69, 9.17) is 11.0 Å². The van der Waals surface area contributed by atoms with Crippen molar-refractivity contribution in [2.75, 3.05) is 0 Å². The molecule has 1 aromatic carbocycles. The van der Waals surface area contributed by atoms with Gasteiger partial charge in [-0.05, 0) is 37.5 Å². The van der Waals surface area contributed by atoms with Crippen LogP contribution in [-0.2, 0) is 6.42 Å². The van der Waals surface area contributed by atoms with Gasteiger partial charge in [0, 0.05) is 6.04 Å². The van der Waals surface area contributed by atoms with Crippen LogP contribution in [0.15, 0.2) is 18.2 Å². The molecule has 0 fully saturated rings. The Morgan fingerprint density at radius 3 is 2.69 bits per heavy atom. The van der Waals surface area contributed by atoms with E-state index in [-0.39, 0.29) is 6.04 Å². The van der Waals surface area contributed by atoms with Crippen LogP contribution in [0.2, 0.25) is 0 Å². The van der Waals surface area contributed by atoms with Crippen molar-refractivity contribution in [3.63, 3.8) is 0 Å². The standard InChI is InChI=1S/C11H14N2/c1-8-5-10(6-9(2)13)3-4-11(8)7-12/h3-5,9H,6,13H2,1-2H3. The van der Waals surface area contributed by atoms with Crippen LogP contribution >= 0.6 is 0 Å². The van der Waals surface area contributed by atoms with Crippen molar-refractivity contribution in [1.82, 2.24) is 0 Å². The Balaban J connectivity index is 2.91. The lowest BCUT2D eigenvalue weighted by Gasteiger charge is -2.06. The average molecular weight is 174 g/mol. The first-order valence-electron chi connectivity index (χ1n) is 4.38. The summed E-state index contributed by atoms with van der Waals surface area (Å²) >= 11 is 0. The second kappa shape index (κ2) is 4.06. The van der Waals surface area contributed by atoms with Crippen LogP contribution in [0, 0.1) is 18.3 Å². The van der Waals surface area contributed by atoms with Gasteiger partial charge < -0.3 is 5.73 Å². The first-order valence-corrected chi connectivity index (χ1v) is 4.38. The Labute approximate surface area is 79.0 Å². The van der Waals surface area contributed by atoms with Gasteiger partial charge in [0.1, 0.15) is 0 Å². The summed E-state index contributed by atoms with van der Waals surface area (Å²) in [5.74, 6) is 0. The lowest BCUT2D eigenvalue weighted by atomic mass is 10.0. The summed E-state index contributed by atoms with van der Waals surface area (Å²) in [4.78, 5) is 0. The largest absolute Gasteiger partial charge is 0.328 e. The third-order valence-electron chi connectivity index (χ3n) is 1.97. The molecule has 68 valence electrons. The van der Waals surface area contributed by atoms with Gasteiger partial charge in [0.2, 0.25) is 0 Å². The number of nitriles is 1. The van der Waals surface area contributed by atoms with Gasteiger partial charge >= 0.3 is 0 Å². The molecule has 2 heteroatoms. The summed E-state index contributed by atoms with van der Waals surface area (Å²) < 4.78 is 0. The molecule has 0 aliphatic carbocycles. The first-order chi connectivity index (χ1) is 6.13. The molecule has 0 spiro atoms. The number of aryl methyl sites for hydroxylation is 1. The Kier molecular flexibility index (Phi) is 3.05. The van der Waals surface area contributed by atoms with E-state index < -0.39 is 0 Å². The molecule has 2 N–H and O–H groups in total. The average Bonchev–Trinajstić information content (AvgIpc) is 2.03. The minimum absolute atomic E-state index is 0.173. The van der Waals surface area contributed by atoms with Gasteiger partial charge in [0.25, 0.3) is 0 Å². The van der Waals surface area contributed by atoms with Crippen LogP contribution in [0.5, 0.6) is 0 Å². The van der Waals surface area contributed by atoms with Crippen molar-refractivity contribution >= 4 is 0 Å². The molecule has 0 bridgehead atoms. The molecule has 1 aromatic rings. The van der Waals surface area contributed by atoms with E-state index in [1.807, 2.05) is 32.0 Å². The maximum Gasteiger partial charge on any atom is 0.0994 e. The minimum Gasteiger partial charge on any atom is -0.328 e. The van der Waals surface area contributed by atoms with Crippen molar-refractivity contribution in [1.29, 1.82) is 5.26 Å². The first kappa shape index (κ1) is 9.76. The number of hydrogen-bond donors (Lipinski definition) is 1. The molecule has 0 heterocycles. The Bertz CT molecular complexity index is 334. The van der Waals surface area contributed by atoms with E-state index in [1.54, 1.807) is 0 Å². The van der Waals surface area contributed by atoms with Gasteiger partial charge in [-0.15, -0.1) is 0 Å². The number of benzene rings is 1. The van der Waals surface area contributed by atoms with E-state index in [1.165, 1.54) is 5.56 Å². The topological polar surface area (TPSA) is 49.8 Å². The van der Waals surface area contributed by atoms with Crippen LogP contribution in [0.3, 0.4) is 0 Å². The summed E-state index contributed by atoms with van der Waals surface area (Å²) in [5, 5.41) is 8.72. The van der Waals surface area contributed by atoms with Crippen molar-refractivity contribution < 1.29 is 0 Å². The monoisotopic (exact) mass is 174 g/mol. The van der Waals surface area contributed by atoms with Crippen molar-refractivity contribution in [2.45, 2.75) is 26.3 Å². The molecule has 1 rings (SSSR count). The zero-order chi connectivity index (χ0) is 9.84. The summed E-state index contributed by atoms with van der Waals surface area (Å²) in [5.41, 5.74) is 8.65. The lowest BCUT2D eigenvalue weighted by Crippen LogP contribution is -2.17. The summed E-state index contributed by atoms with van der Waals surface area (Å²) in [6, 6.07) is 8.17. The second-order valence-corrected chi connectivity index (χ2v) is 3.44. The summed E-state index contributed by atoms with van der Waals surface area (Å²) in [7, 11) is 0. The molecule has 0 saturated heterocycles. The van der Waals surface area contributed by atoms with Crippen LogP contribution in [0.25, 0.3) is 0 Å². The Morgan fingerprint density at radius 2 is 2.23 bits per heavy atom. The quantitative estimate of drug-likeness (QED) is 0.742. The van der Waals surface area contributed by atoms with Crippen molar-refractivity contribution in [3.8, 4) is 6.07 Å². The molecular formula is C11H14N2. The van der Waals surface area contributed by atoms with E-state index in [0.29, 0.717) is 0 Å². The van der Waals surface area contributed by atoms with E-state index in [9.17, 15) is 0 Å². The third-order valence-corrected chi connectivity index (χ3v) is 1.97. The van der Waals surface area contributed by atoms with Gasteiger partial charge in [0.05, 0.1) is 11.6 Å². The zero-order valence-electron chi connectivity index (χ0n) is 8.04. The molecular weight excluding hydrogens is 160 g/mol. The zero-order valence-corrected chi connectivity index (χ0v) is 8.04. The van der Waals surface area contributed by atoms with E-state index in [2.05, 4.69) is 6.07 Å². The predicted molar refractivity (Wildman–Crippen MR) is 53.2 cm³/mol. The van der Waals surface area contributed by atoms with Gasteiger partial charge in [-0.3, -0.25) is 0 Å². The normalized spacial score (nSPS) is 12.2. The van der Waals surface area contributed by atoms with Crippen LogP contribution in [0.1, 0.15) is 23.6 Å². The highest BCUT2D eigenvalue weighted by Gasteiger charge is 2.01. The highest BCUT2D eigenvalue weighted by molar-refractivity contribution is 5.39. The summed E-state index contributed by atoms with van der Waals surface area (Å²) in [6.07, 6.45) is 0.868. The van der Waals surface area contributed by atoms with E-state index in [0.717, 1.165) is 17.5 Å². The second-order valence-electron chi connectivity index (χ2n) is 3.44. The maximum atomic E-state index is 8.72. The smallest absolute Gasteiger partial charge is 0.0994 e. The molecule has 2 nitrogen and oxygen atoms in total. The number of hydrogen-bond acceptors (Lipinski definition) is 2. The molecule has 0 aromatic heterocycles. The molecule has 1 atom stereocenters. The van der Waals surface area contributed by atoms with Crippen molar-refractivity contribution in [2.24, 2.45) is 5.73 Å². The third kappa shape index (κ3) is 2.57. The Hall–Kier alpha value is -1.33. The maximum absolute atomic E-state index is 8.72. The SMILES string of the molecule is Cc1cc(CC(C)N)ccc1C#N. The lowest BCUT2D eigenvalue weighted by molar-refractivity contribution is 0.737. The fraction of sp³-hybridized carbons (Fsp3) is 0.364. The minimum atomic E-state index is 0.173. The molecule has 0 amide bonds. The van der Waals surface area contributed by atoms with Gasteiger partial charge in [-0.2, -0.15) is 5.26 Å². The molecule has 0 radical (unpaired) electrons. The summed E-state index contributed by atoms with van der Waals surface area (Å²) in [6.45, 7) is 3.93. The number of nitrogens with zero attached hydrogens (tertiary/aromatic N) is 1. The van der Waals surface area contributed by atoms with Crippen LogP contribution < -0.4 is 5.73 Å². The van der Waals surface area contributed by atoms with E-state index >= 15 is 0 Å². The molecule has 1 unspecified atom stereocenters. The van der Waals surface area contributed by atoms with Crippen LogP contribution in [-0.4, -0.2) is 6.04 Å². The highest BCUT2D eigenvalue weighted by atomic mass is 14.6. The fourth-order valence-corrected chi connectivity index (χ4v) is 1.35. The van der Waals surface area contributed by atoms with Gasteiger partial charge in [0.15, 0.2) is 0 Å². The fourth-order valence-electron chi connectivity index (χ4n) is 1.35. The molecule has 0 saturated carbocycles.